The van der Waals surface area contributed by atoms with Gasteiger partial charge in [-0.15, -0.1) is 0 Å². The highest BCUT2D eigenvalue weighted by Crippen LogP contribution is 2.30. The molecule has 0 fully saturated rings. The van der Waals surface area contributed by atoms with E-state index in [2.05, 4.69) is 17.6 Å². The van der Waals surface area contributed by atoms with E-state index in [0.717, 1.165) is 25.7 Å². The van der Waals surface area contributed by atoms with Gasteiger partial charge in [0.1, 0.15) is 23.4 Å². The van der Waals surface area contributed by atoms with E-state index in [-0.39, 0.29) is 43.3 Å². The largest absolute Gasteiger partial charge is 0.508 e. The lowest BCUT2D eigenvalue weighted by molar-refractivity contribution is -0.144. The third-order valence-corrected chi connectivity index (χ3v) is 6.21. The van der Waals surface area contributed by atoms with Crippen molar-refractivity contribution < 1.29 is 33.8 Å². The summed E-state index contributed by atoms with van der Waals surface area (Å²) in [5.74, 6) is -1.53. The molecule has 10 nitrogen and oxygen atoms in total. The SMILES string of the molecule is CCCCCCCN(C(=O)C(CC(C)C)NC(=O)OC(C)(C)C)C(C(=O)NCCC(=O)OCC)c1ccccc1O. The van der Waals surface area contributed by atoms with Gasteiger partial charge in [-0.05, 0) is 52.5 Å². The second-order valence-electron chi connectivity index (χ2n) is 11.6. The molecule has 0 spiro atoms. The number of nitrogens with zero attached hydrogens (tertiary/aromatic N) is 1. The number of hydrogen-bond donors (Lipinski definition) is 3. The van der Waals surface area contributed by atoms with Gasteiger partial charge in [-0.25, -0.2) is 4.79 Å². The molecule has 3 N–H and O–H groups in total. The summed E-state index contributed by atoms with van der Waals surface area (Å²) in [6, 6.07) is 4.23. The van der Waals surface area contributed by atoms with Crippen molar-refractivity contribution in [1.29, 1.82) is 0 Å². The Kier molecular flexibility index (Phi) is 15.9. The summed E-state index contributed by atoms with van der Waals surface area (Å²) in [5, 5.41) is 16.2. The van der Waals surface area contributed by atoms with E-state index in [4.69, 9.17) is 9.47 Å². The smallest absolute Gasteiger partial charge is 0.408 e. The number of unbranched alkanes of at least 4 members (excludes halogenated alkanes) is 4. The highest BCUT2D eigenvalue weighted by atomic mass is 16.6. The van der Waals surface area contributed by atoms with Crippen LogP contribution in [-0.4, -0.2) is 65.2 Å². The molecule has 41 heavy (non-hydrogen) atoms. The van der Waals surface area contributed by atoms with Gasteiger partial charge < -0.3 is 30.1 Å². The summed E-state index contributed by atoms with van der Waals surface area (Å²) in [5.41, 5.74) is -0.505. The Morgan fingerprint density at radius 2 is 1.66 bits per heavy atom. The van der Waals surface area contributed by atoms with Crippen LogP contribution in [0.25, 0.3) is 0 Å². The molecule has 0 aliphatic carbocycles. The maximum absolute atomic E-state index is 14.2. The van der Waals surface area contributed by atoms with Crippen molar-refractivity contribution in [2.75, 3.05) is 19.7 Å². The third-order valence-electron chi connectivity index (χ3n) is 6.21. The number of rotatable bonds is 17. The van der Waals surface area contributed by atoms with E-state index in [1.807, 2.05) is 13.8 Å². The van der Waals surface area contributed by atoms with E-state index in [0.29, 0.717) is 12.8 Å². The van der Waals surface area contributed by atoms with Crippen molar-refractivity contribution in [3.63, 3.8) is 0 Å². The molecule has 10 heteroatoms. The second kappa shape index (κ2) is 18.2. The number of aromatic hydroxyl groups is 1. The topological polar surface area (TPSA) is 134 Å². The molecule has 0 saturated carbocycles. The van der Waals surface area contributed by atoms with Gasteiger partial charge in [0.25, 0.3) is 0 Å². The maximum Gasteiger partial charge on any atom is 0.408 e. The fourth-order valence-corrected chi connectivity index (χ4v) is 4.38. The van der Waals surface area contributed by atoms with Crippen molar-refractivity contribution in [3.8, 4) is 5.75 Å². The molecule has 0 heterocycles. The lowest BCUT2D eigenvalue weighted by Gasteiger charge is -2.35. The number of phenolic OH excluding ortho intramolecular Hbond substituents is 1. The number of carbonyl (C=O) groups excluding carboxylic acids is 4. The Balaban J connectivity index is 3.44. The first-order chi connectivity index (χ1) is 19.3. The van der Waals surface area contributed by atoms with Gasteiger partial charge in [0.15, 0.2) is 0 Å². The summed E-state index contributed by atoms with van der Waals surface area (Å²) in [7, 11) is 0. The molecular weight excluding hydrogens is 526 g/mol. The number of benzene rings is 1. The average molecular weight is 578 g/mol. The molecule has 0 aliphatic heterocycles. The zero-order valence-electron chi connectivity index (χ0n) is 26.0. The standard InChI is InChI=1S/C31H51N3O7/c1-8-10-11-12-15-20-34(29(38)24(21-22(3)4)33-30(39)41-31(5,6)7)27(23-16-13-14-17-25(23)35)28(37)32-19-18-26(36)40-9-2/h13-14,16-17,22,24,27,35H,8-12,15,18-21H2,1-7H3,(H,32,37)(H,33,39). The Morgan fingerprint density at radius 1 is 1.00 bits per heavy atom. The molecule has 0 aromatic heterocycles. The van der Waals surface area contributed by atoms with Crippen LogP contribution in [0.2, 0.25) is 0 Å². The van der Waals surface area contributed by atoms with Crippen LogP contribution in [0.5, 0.6) is 5.75 Å². The van der Waals surface area contributed by atoms with Crippen molar-refractivity contribution in [2.24, 2.45) is 5.92 Å². The third kappa shape index (κ3) is 13.7. The summed E-state index contributed by atoms with van der Waals surface area (Å²) in [6.45, 7) is 13.4. The number of para-hydroxylation sites is 1. The molecule has 1 aromatic rings. The monoisotopic (exact) mass is 577 g/mol. The van der Waals surface area contributed by atoms with Crippen LogP contribution in [-0.2, 0) is 23.9 Å². The molecular formula is C31H51N3O7. The lowest BCUT2D eigenvalue weighted by Crippen LogP contribution is -2.53. The van der Waals surface area contributed by atoms with Crippen LogP contribution in [0.15, 0.2) is 24.3 Å². The van der Waals surface area contributed by atoms with Crippen molar-refractivity contribution in [2.45, 2.75) is 111 Å². The van der Waals surface area contributed by atoms with E-state index in [1.54, 1.807) is 45.9 Å². The molecule has 0 aliphatic rings. The number of esters is 1. The molecule has 2 atom stereocenters. The van der Waals surface area contributed by atoms with Crippen LogP contribution in [0.4, 0.5) is 4.79 Å². The number of amides is 3. The first kappa shape index (κ1) is 35.7. The van der Waals surface area contributed by atoms with Crippen molar-refractivity contribution in [1.82, 2.24) is 15.5 Å². The van der Waals surface area contributed by atoms with Gasteiger partial charge >= 0.3 is 12.1 Å². The predicted octanol–water partition coefficient (Wildman–Crippen LogP) is 5.24. The van der Waals surface area contributed by atoms with Crippen LogP contribution >= 0.6 is 0 Å². The number of ether oxygens (including phenoxy) is 2. The van der Waals surface area contributed by atoms with Crippen molar-refractivity contribution in [3.05, 3.63) is 29.8 Å². The number of hydrogen-bond acceptors (Lipinski definition) is 7. The van der Waals surface area contributed by atoms with Gasteiger partial charge in [-0.3, -0.25) is 14.4 Å². The summed E-state index contributed by atoms with van der Waals surface area (Å²) in [6.07, 6.45) is 4.14. The van der Waals surface area contributed by atoms with E-state index in [1.165, 1.54) is 11.0 Å². The Hall–Kier alpha value is -3.30. The number of phenols is 1. The van der Waals surface area contributed by atoms with Crippen LogP contribution in [0.1, 0.15) is 105 Å². The molecule has 0 radical (unpaired) electrons. The Labute approximate surface area is 245 Å². The van der Waals surface area contributed by atoms with E-state index < -0.39 is 41.6 Å². The quantitative estimate of drug-likeness (QED) is 0.170. The number of alkyl carbamates (subject to hydrolysis) is 1. The van der Waals surface area contributed by atoms with Crippen LogP contribution in [0.3, 0.4) is 0 Å². The normalized spacial score (nSPS) is 12.8. The maximum atomic E-state index is 14.2. The fraction of sp³-hybridized carbons (Fsp3) is 0.677. The zero-order chi connectivity index (χ0) is 31.0. The predicted molar refractivity (Wildman–Crippen MR) is 158 cm³/mol. The minimum absolute atomic E-state index is 0.00583. The van der Waals surface area contributed by atoms with Gasteiger partial charge in [0.05, 0.1) is 13.0 Å². The van der Waals surface area contributed by atoms with Crippen LogP contribution < -0.4 is 10.6 Å². The molecule has 3 amide bonds. The molecule has 2 unspecified atom stereocenters. The first-order valence-corrected chi connectivity index (χ1v) is 14.8. The minimum Gasteiger partial charge on any atom is -0.508 e. The van der Waals surface area contributed by atoms with E-state index >= 15 is 0 Å². The van der Waals surface area contributed by atoms with E-state index in [9.17, 15) is 24.3 Å². The highest BCUT2D eigenvalue weighted by Gasteiger charge is 2.37. The van der Waals surface area contributed by atoms with Gasteiger partial charge in [0.2, 0.25) is 11.8 Å². The second-order valence-corrected chi connectivity index (χ2v) is 11.6. The van der Waals surface area contributed by atoms with Gasteiger partial charge in [-0.2, -0.15) is 0 Å². The fourth-order valence-electron chi connectivity index (χ4n) is 4.38. The van der Waals surface area contributed by atoms with Crippen LogP contribution in [0, 0.1) is 5.92 Å². The molecule has 1 aromatic carbocycles. The molecule has 232 valence electrons. The Bertz CT molecular complexity index is 975. The summed E-state index contributed by atoms with van der Waals surface area (Å²) < 4.78 is 10.4. The first-order valence-electron chi connectivity index (χ1n) is 14.8. The number of nitrogens with one attached hydrogen (secondary N) is 2. The average Bonchev–Trinajstić information content (AvgIpc) is 2.86. The molecule has 1 rings (SSSR count). The van der Waals surface area contributed by atoms with Gasteiger partial charge in [-0.1, -0.05) is 64.7 Å². The zero-order valence-corrected chi connectivity index (χ0v) is 26.0. The summed E-state index contributed by atoms with van der Waals surface area (Å²) in [4.78, 5) is 53.9. The molecule has 0 bridgehead atoms. The Morgan fingerprint density at radius 3 is 2.24 bits per heavy atom. The van der Waals surface area contributed by atoms with Crippen molar-refractivity contribution >= 4 is 23.9 Å². The van der Waals surface area contributed by atoms with Gasteiger partial charge in [0, 0.05) is 18.7 Å². The highest BCUT2D eigenvalue weighted by molar-refractivity contribution is 5.92. The summed E-state index contributed by atoms with van der Waals surface area (Å²) >= 11 is 0. The molecule has 0 saturated heterocycles. The minimum atomic E-state index is -1.19. The number of carbonyl (C=O) groups is 4. The lowest BCUT2D eigenvalue weighted by atomic mass is 9.98.